The lowest BCUT2D eigenvalue weighted by Crippen LogP contribution is -2.24. The maximum atomic E-state index is 13.5. The molecule has 1 amide bonds. The van der Waals surface area contributed by atoms with E-state index in [-0.39, 0.29) is 23.9 Å². The van der Waals surface area contributed by atoms with E-state index in [1.165, 1.54) is 0 Å². The van der Waals surface area contributed by atoms with Gasteiger partial charge in [0.15, 0.2) is 0 Å². The number of aryl methyl sites for hydroxylation is 2. The van der Waals surface area contributed by atoms with Gasteiger partial charge in [0.25, 0.3) is 5.91 Å². The first-order chi connectivity index (χ1) is 8.99. The predicted octanol–water partition coefficient (Wildman–Crippen LogP) is 1.34. The Hall–Kier alpha value is -2.44. The van der Waals surface area contributed by atoms with Gasteiger partial charge in [-0.3, -0.25) is 4.79 Å². The summed E-state index contributed by atoms with van der Waals surface area (Å²) < 4.78 is 17.8. The van der Waals surface area contributed by atoms with E-state index in [2.05, 4.69) is 20.3 Å². The Bertz CT molecular complexity index is 601. The highest BCUT2D eigenvalue weighted by Gasteiger charge is 2.15. The van der Waals surface area contributed by atoms with Gasteiger partial charge in [0.1, 0.15) is 5.82 Å². The van der Waals surface area contributed by atoms with Crippen LogP contribution in [0.1, 0.15) is 27.2 Å². The summed E-state index contributed by atoms with van der Waals surface area (Å²) in [4.78, 5) is 11.7. The number of hydrogen-bond acceptors (Lipinski definition) is 5. The third-order valence-corrected chi connectivity index (χ3v) is 2.68. The number of anilines is 1. The molecule has 7 heteroatoms. The number of nitrogen functional groups attached to an aromatic ring is 1. The van der Waals surface area contributed by atoms with E-state index >= 15 is 0 Å². The Kier molecular flexibility index (Phi) is 3.46. The van der Waals surface area contributed by atoms with Crippen molar-refractivity contribution >= 4 is 11.7 Å². The standard InChI is InChI=1S/C12H13FN4O2/c1-6-3-8(4-7(2)9(6)13)5-15-12(18)10-11(14)17-19-16-10/h3-4H,5H2,1-2H3,(H2,14,17)(H,15,18). The molecule has 0 bridgehead atoms. The second-order valence-electron chi connectivity index (χ2n) is 4.22. The van der Waals surface area contributed by atoms with Crippen molar-refractivity contribution in [2.45, 2.75) is 20.4 Å². The van der Waals surface area contributed by atoms with Crippen molar-refractivity contribution in [2.24, 2.45) is 0 Å². The van der Waals surface area contributed by atoms with Gasteiger partial charge in [-0.05, 0) is 40.9 Å². The molecule has 0 saturated heterocycles. The zero-order valence-electron chi connectivity index (χ0n) is 10.5. The highest BCUT2D eigenvalue weighted by atomic mass is 19.1. The van der Waals surface area contributed by atoms with Gasteiger partial charge >= 0.3 is 0 Å². The fourth-order valence-corrected chi connectivity index (χ4v) is 1.76. The van der Waals surface area contributed by atoms with E-state index in [0.29, 0.717) is 11.1 Å². The number of amides is 1. The SMILES string of the molecule is Cc1cc(CNC(=O)c2nonc2N)cc(C)c1F. The van der Waals surface area contributed by atoms with Gasteiger partial charge in [-0.1, -0.05) is 12.1 Å². The monoisotopic (exact) mass is 264 g/mol. The molecule has 100 valence electrons. The molecule has 1 heterocycles. The first kappa shape index (κ1) is 13.0. The lowest BCUT2D eigenvalue weighted by Gasteiger charge is -2.07. The minimum Gasteiger partial charge on any atom is -0.379 e. The molecule has 3 N–H and O–H groups in total. The zero-order valence-corrected chi connectivity index (χ0v) is 10.5. The van der Waals surface area contributed by atoms with Crippen LogP contribution in [0.3, 0.4) is 0 Å². The molecule has 19 heavy (non-hydrogen) atoms. The van der Waals surface area contributed by atoms with Crippen LogP contribution in [0.4, 0.5) is 10.2 Å². The number of carbonyl (C=O) groups excluding carboxylic acids is 1. The number of nitrogens with two attached hydrogens (primary N) is 1. The highest BCUT2D eigenvalue weighted by Crippen LogP contribution is 2.14. The topological polar surface area (TPSA) is 94.0 Å². The lowest BCUT2D eigenvalue weighted by atomic mass is 10.1. The van der Waals surface area contributed by atoms with Crippen LogP contribution in [0.15, 0.2) is 16.8 Å². The van der Waals surface area contributed by atoms with Gasteiger partial charge in [-0.2, -0.15) is 0 Å². The van der Waals surface area contributed by atoms with Gasteiger partial charge in [0.05, 0.1) is 0 Å². The van der Waals surface area contributed by atoms with Crippen LogP contribution >= 0.6 is 0 Å². The lowest BCUT2D eigenvalue weighted by molar-refractivity contribution is 0.0941. The smallest absolute Gasteiger partial charge is 0.277 e. The average Bonchev–Trinajstić information content (AvgIpc) is 2.79. The Balaban J connectivity index is 2.07. The Morgan fingerprint density at radius 1 is 1.37 bits per heavy atom. The van der Waals surface area contributed by atoms with E-state index in [1.807, 2.05) is 0 Å². The van der Waals surface area contributed by atoms with Crippen LogP contribution in [0.2, 0.25) is 0 Å². The number of rotatable bonds is 3. The molecule has 1 aromatic carbocycles. The number of halogens is 1. The van der Waals surface area contributed by atoms with Gasteiger partial charge in [-0.25, -0.2) is 9.02 Å². The Morgan fingerprint density at radius 3 is 2.53 bits per heavy atom. The highest BCUT2D eigenvalue weighted by molar-refractivity contribution is 5.95. The van der Waals surface area contributed by atoms with Crippen molar-refractivity contribution in [3.63, 3.8) is 0 Å². The second kappa shape index (κ2) is 5.05. The van der Waals surface area contributed by atoms with Crippen molar-refractivity contribution < 1.29 is 13.8 Å². The molecule has 0 unspecified atom stereocenters. The van der Waals surface area contributed by atoms with Gasteiger partial charge in [-0.15, -0.1) is 0 Å². The van der Waals surface area contributed by atoms with Crippen LogP contribution in [-0.4, -0.2) is 16.2 Å². The number of hydrogen-bond donors (Lipinski definition) is 2. The fraction of sp³-hybridized carbons (Fsp3) is 0.250. The summed E-state index contributed by atoms with van der Waals surface area (Å²) in [6.07, 6.45) is 0. The van der Waals surface area contributed by atoms with E-state index < -0.39 is 5.91 Å². The van der Waals surface area contributed by atoms with Gasteiger partial charge in [0, 0.05) is 6.54 Å². The molecule has 0 saturated carbocycles. The number of aromatic nitrogens is 2. The van der Waals surface area contributed by atoms with E-state index in [1.54, 1.807) is 26.0 Å². The van der Waals surface area contributed by atoms with Crippen LogP contribution in [0.25, 0.3) is 0 Å². The molecule has 0 aliphatic rings. The molecule has 0 aliphatic carbocycles. The van der Waals surface area contributed by atoms with Crippen LogP contribution < -0.4 is 11.1 Å². The maximum Gasteiger partial charge on any atom is 0.277 e. The molecule has 2 aromatic rings. The third-order valence-electron chi connectivity index (χ3n) is 2.68. The normalized spacial score (nSPS) is 10.5. The molecule has 1 aromatic heterocycles. The van der Waals surface area contributed by atoms with Crippen LogP contribution in [-0.2, 0) is 6.54 Å². The summed E-state index contributed by atoms with van der Waals surface area (Å²) in [5, 5.41) is 9.32. The minimum absolute atomic E-state index is 0.0597. The molecule has 0 radical (unpaired) electrons. The largest absolute Gasteiger partial charge is 0.379 e. The van der Waals surface area contributed by atoms with E-state index in [0.717, 1.165) is 5.56 Å². The summed E-state index contributed by atoms with van der Waals surface area (Å²) in [5.41, 5.74) is 7.20. The van der Waals surface area contributed by atoms with Crippen molar-refractivity contribution in [1.29, 1.82) is 0 Å². The van der Waals surface area contributed by atoms with E-state index in [9.17, 15) is 9.18 Å². The zero-order chi connectivity index (χ0) is 14.0. The summed E-state index contributed by atoms with van der Waals surface area (Å²) in [5.74, 6) is -0.789. The fourth-order valence-electron chi connectivity index (χ4n) is 1.76. The second-order valence-corrected chi connectivity index (χ2v) is 4.22. The summed E-state index contributed by atoms with van der Waals surface area (Å²) >= 11 is 0. The number of carbonyl (C=O) groups is 1. The molecule has 0 spiro atoms. The average molecular weight is 264 g/mol. The first-order valence-electron chi connectivity index (χ1n) is 5.61. The minimum atomic E-state index is -0.488. The molecule has 0 fully saturated rings. The summed E-state index contributed by atoms with van der Waals surface area (Å²) in [6, 6.07) is 3.35. The quantitative estimate of drug-likeness (QED) is 0.872. The predicted molar refractivity (Wildman–Crippen MR) is 65.8 cm³/mol. The van der Waals surface area contributed by atoms with Crippen molar-refractivity contribution in [2.75, 3.05) is 5.73 Å². The van der Waals surface area contributed by atoms with Crippen molar-refractivity contribution in [3.8, 4) is 0 Å². The van der Waals surface area contributed by atoms with E-state index in [4.69, 9.17) is 5.73 Å². The molecule has 6 nitrogen and oxygen atoms in total. The van der Waals surface area contributed by atoms with Gasteiger partial charge in [0.2, 0.25) is 11.5 Å². The Morgan fingerprint density at radius 2 is 2.00 bits per heavy atom. The van der Waals surface area contributed by atoms with Gasteiger partial charge < -0.3 is 11.1 Å². The van der Waals surface area contributed by atoms with Crippen LogP contribution in [0, 0.1) is 19.7 Å². The van der Waals surface area contributed by atoms with Crippen molar-refractivity contribution in [1.82, 2.24) is 15.6 Å². The van der Waals surface area contributed by atoms with Crippen LogP contribution in [0.5, 0.6) is 0 Å². The molecule has 0 aliphatic heterocycles. The molecule has 2 rings (SSSR count). The molecular formula is C12H13FN4O2. The maximum absolute atomic E-state index is 13.5. The Labute approximate surface area is 108 Å². The summed E-state index contributed by atoms with van der Waals surface area (Å²) in [6.45, 7) is 3.59. The molecule has 0 atom stereocenters. The number of benzene rings is 1. The molecular weight excluding hydrogens is 251 g/mol. The third kappa shape index (κ3) is 2.70. The van der Waals surface area contributed by atoms with Crippen molar-refractivity contribution in [3.05, 3.63) is 40.3 Å². The summed E-state index contributed by atoms with van der Waals surface area (Å²) in [7, 11) is 0. The number of nitrogens with zero attached hydrogens (tertiary/aromatic N) is 2. The number of nitrogens with one attached hydrogen (secondary N) is 1. The first-order valence-corrected chi connectivity index (χ1v) is 5.61.